The van der Waals surface area contributed by atoms with Crippen LogP contribution in [0.15, 0.2) is 12.2 Å². The number of carboxylic acids is 1. The number of ether oxygens (including phenoxy) is 2. The third-order valence-electron chi connectivity index (χ3n) is 1.30. The molecule has 0 aromatic carbocycles. The lowest BCUT2D eigenvalue weighted by Crippen LogP contribution is -2.26. The van der Waals surface area contributed by atoms with Gasteiger partial charge < -0.3 is 14.6 Å². The van der Waals surface area contributed by atoms with Crippen molar-refractivity contribution in [2.75, 3.05) is 19.8 Å². The fourth-order valence-corrected chi connectivity index (χ4v) is 0.807. The van der Waals surface area contributed by atoms with Crippen LogP contribution < -0.4 is 0 Å². The van der Waals surface area contributed by atoms with E-state index in [1.807, 2.05) is 0 Å². The highest BCUT2D eigenvalue weighted by Gasteiger charge is 2.10. The van der Waals surface area contributed by atoms with Crippen molar-refractivity contribution in [1.82, 2.24) is 0 Å². The monoisotopic (exact) mass is 158 g/mol. The fourth-order valence-electron chi connectivity index (χ4n) is 0.807. The van der Waals surface area contributed by atoms with Crippen LogP contribution in [0.25, 0.3) is 0 Å². The molecule has 0 bridgehead atoms. The maximum Gasteiger partial charge on any atom is 0.328 e. The second-order valence-electron chi connectivity index (χ2n) is 2.18. The quantitative estimate of drug-likeness (QED) is 0.576. The third kappa shape index (κ3) is 3.15. The molecule has 1 rings (SSSR count). The number of aliphatic carboxylic acids is 1. The van der Waals surface area contributed by atoms with Crippen molar-refractivity contribution >= 4 is 5.97 Å². The van der Waals surface area contributed by atoms with Crippen LogP contribution in [0.3, 0.4) is 0 Å². The maximum absolute atomic E-state index is 10.1. The van der Waals surface area contributed by atoms with Crippen LogP contribution in [-0.2, 0) is 14.3 Å². The molecule has 4 heteroatoms. The summed E-state index contributed by atoms with van der Waals surface area (Å²) in [5, 5.41) is 8.26. The Morgan fingerprint density at radius 2 is 2.36 bits per heavy atom. The molecule has 1 fully saturated rings. The van der Waals surface area contributed by atoms with Gasteiger partial charge >= 0.3 is 5.97 Å². The Morgan fingerprint density at radius 3 is 2.91 bits per heavy atom. The predicted molar refractivity (Wildman–Crippen MR) is 37.3 cm³/mol. The van der Waals surface area contributed by atoms with Gasteiger partial charge in [0.05, 0.1) is 25.9 Å². The van der Waals surface area contributed by atoms with Crippen molar-refractivity contribution in [3.05, 3.63) is 12.2 Å². The lowest BCUT2D eigenvalue weighted by atomic mass is 10.3. The van der Waals surface area contributed by atoms with Gasteiger partial charge in [-0.1, -0.05) is 0 Å². The Labute approximate surface area is 64.4 Å². The van der Waals surface area contributed by atoms with Gasteiger partial charge in [0.25, 0.3) is 0 Å². The van der Waals surface area contributed by atoms with Crippen molar-refractivity contribution in [3.8, 4) is 0 Å². The van der Waals surface area contributed by atoms with E-state index in [0.717, 1.165) is 6.08 Å². The number of carboxylic acid groups (broad SMARTS) is 1. The zero-order valence-corrected chi connectivity index (χ0v) is 6.03. The van der Waals surface area contributed by atoms with E-state index in [2.05, 4.69) is 0 Å². The first-order chi connectivity index (χ1) is 5.29. The zero-order valence-electron chi connectivity index (χ0n) is 6.03. The van der Waals surface area contributed by atoms with E-state index in [1.54, 1.807) is 0 Å². The summed E-state index contributed by atoms with van der Waals surface area (Å²) in [5.41, 5.74) is 0. The molecule has 4 nitrogen and oxygen atoms in total. The lowest BCUT2D eigenvalue weighted by Gasteiger charge is -2.19. The average molecular weight is 158 g/mol. The van der Waals surface area contributed by atoms with E-state index >= 15 is 0 Å². The van der Waals surface area contributed by atoms with E-state index in [0.29, 0.717) is 19.8 Å². The molecule has 0 radical (unpaired) electrons. The molecular formula is C7H10O4. The van der Waals surface area contributed by atoms with Crippen LogP contribution in [0.4, 0.5) is 0 Å². The second kappa shape index (κ2) is 4.10. The Bertz CT molecular complexity index is 158. The minimum atomic E-state index is -0.959. The zero-order chi connectivity index (χ0) is 8.10. The molecule has 0 aromatic rings. The van der Waals surface area contributed by atoms with E-state index in [4.69, 9.17) is 14.6 Å². The summed E-state index contributed by atoms with van der Waals surface area (Å²) >= 11 is 0. The van der Waals surface area contributed by atoms with Gasteiger partial charge in [-0.05, 0) is 6.08 Å². The van der Waals surface area contributed by atoms with Gasteiger partial charge in [0.1, 0.15) is 0 Å². The molecule has 0 aromatic heterocycles. The van der Waals surface area contributed by atoms with Crippen molar-refractivity contribution in [2.45, 2.75) is 6.10 Å². The Balaban J connectivity index is 2.29. The number of carbonyl (C=O) groups is 1. The normalized spacial score (nSPS) is 25.6. The molecule has 1 atom stereocenters. The van der Waals surface area contributed by atoms with Gasteiger partial charge in [-0.2, -0.15) is 0 Å². The van der Waals surface area contributed by atoms with Crippen LogP contribution in [0.1, 0.15) is 0 Å². The van der Waals surface area contributed by atoms with Crippen molar-refractivity contribution < 1.29 is 19.4 Å². The highest BCUT2D eigenvalue weighted by atomic mass is 16.6. The lowest BCUT2D eigenvalue weighted by molar-refractivity contribution is -0.131. The summed E-state index contributed by atoms with van der Waals surface area (Å²) in [6, 6.07) is 0. The summed E-state index contributed by atoms with van der Waals surface area (Å²) in [5.74, 6) is -0.959. The molecule has 1 saturated heterocycles. The third-order valence-corrected chi connectivity index (χ3v) is 1.30. The molecule has 11 heavy (non-hydrogen) atoms. The average Bonchev–Trinajstić information content (AvgIpc) is 2.03. The molecule has 1 aliphatic rings. The Hall–Kier alpha value is -0.870. The first kappa shape index (κ1) is 8.23. The summed E-state index contributed by atoms with van der Waals surface area (Å²) < 4.78 is 10.2. The van der Waals surface area contributed by atoms with E-state index in [-0.39, 0.29) is 6.10 Å². The van der Waals surface area contributed by atoms with Crippen LogP contribution in [0, 0.1) is 0 Å². The smallest absolute Gasteiger partial charge is 0.328 e. The highest BCUT2D eigenvalue weighted by molar-refractivity contribution is 5.79. The van der Waals surface area contributed by atoms with Gasteiger partial charge in [0, 0.05) is 6.08 Å². The van der Waals surface area contributed by atoms with E-state index in [9.17, 15) is 4.79 Å². The maximum atomic E-state index is 10.1. The fraction of sp³-hybridized carbons (Fsp3) is 0.571. The highest BCUT2D eigenvalue weighted by Crippen LogP contribution is 2.01. The van der Waals surface area contributed by atoms with Crippen molar-refractivity contribution in [1.29, 1.82) is 0 Å². The van der Waals surface area contributed by atoms with Crippen LogP contribution in [0.5, 0.6) is 0 Å². The molecule has 0 spiro atoms. The Kier molecular flexibility index (Phi) is 3.07. The molecular weight excluding hydrogens is 148 g/mol. The Morgan fingerprint density at radius 1 is 1.55 bits per heavy atom. The van der Waals surface area contributed by atoms with Gasteiger partial charge in [0.15, 0.2) is 0 Å². The number of hydrogen-bond donors (Lipinski definition) is 1. The van der Waals surface area contributed by atoms with Crippen LogP contribution in [0.2, 0.25) is 0 Å². The van der Waals surface area contributed by atoms with Gasteiger partial charge in [-0.25, -0.2) is 4.79 Å². The first-order valence-electron chi connectivity index (χ1n) is 3.39. The van der Waals surface area contributed by atoms with E-state index < -0.39 is 5.97 Å². The van der Waals surface area contributed by atoms with Crippen molar-refractivity contribution in [2.24, 2.45) is 0 Å². The molecule has 1 N–H and O–H groups in total. The summed E-state index contributed by atoms with van der Waals surface area (Å²) in [4.78, 5) is 10.1. The minimum Gasteiger partial charge on any atom is -0.478 e. The topological polar surface area (TPSA) is 55.8 Å². The first-order valence-corrected chi connectivity index (χ1v) is 3.39. The molecule has 1 unspecified atom stereocenters. The largest absolute Gasteiger partial charge is 0.478 e. The summed E-state index contributed by atoms with van der Waals surface area (Å²) in [6.07, 6.45) is 2.36. The molecule has 1 aliphatic heterocycles. The standard InChI is InChI=1S/C7H10O4/c8-7(9)2-1-6-5-10-3-4-11-6/h1-2,6H,3-5H2,(H,8,9). The van der Waals surface area contributed by atoms with Gasteiger partial charge in [0.2, 0.25) is 0 Å². The van der Waals surface area contributed by atoms with Crippen molar-refractivity contribution in [3.63, 3.8) is 0 Å². The van der Waals surface area contributed by atoms with Gasteiger partial charge in [-0.15, -0.1) is 0 Å². The number of hydrogen-bond acceptors (Lipinski definition) is 3. The molecule has 62 valence electrons. The molecule has 0 amide bonds. The van der Waals surface area contributed by atoms with Gasteiger partial charge in [-0.3, -0.25) is 0 Å². The van der Waals surface area contributed by atoms with Crippen LogP contribution in [-0.4, -0.2) is 37.0 Å². The number of rotatable bonds is 2. The second-order valence-corrected chi connectivity index (χ2v) is 2.18. The predicted octanol–water partition coefficient (Wildman–Crippen LogP) is 0.0426. The van der Waals surface area contributed by atoms with Crippen LogP contribution >= 0.6 is 0 Å². The SMILES string of the molecule is O=C(O)C=CC1COCCO1. The van der Waals surface area contributed by atoms with E-state index in [1.165, 1.54) is 6.08 Å². The molecule has 0 saturated carbocycles. The minimum absolute atomic E-state index is 0.195. The summed E-state index contributed by atoms with van der Waals surface area (Å²) in [7, 11) is 0. The summed E-state index contributed by atoms with van der Waals surface area (Å²) in [6.45, 7) is 1.58. The molecule has 1 heterocycles. The molecule has 0 aliphatic carbocycles.